The number of H-pyrrole nitrogens is 1. The van der Waals surface area contributed by atoms with E-state index < -0.39 is 0 Å². The summed E-state index contributed by atoms with van der Waals surface area (Å²) in [6.07, 6.45) is 1.65. The molecular formula is C11H21N5O. The summed E-state index contributed by atoms with van der Waals surface area (Å²) >= 11 is 0. The van der Waals surface area contributed by atoms with Crippen molar-refractivity contribution in [3.05, 3.63) is 11.4 Å². The number of aromatic amines is 1. The molecule has 0 saturated heterocycles. The molecule has 1 amide bonds. The van der Waals surface area contributed by atoms with Crippen LogP contribution < -0.4 is 11.1 Å². The van der Waals surface area contributed by atoms with Crippen molar-refractivity contribution in [1.29, 1.82) is 0 Å². The normalized spacial score (nSPS) is 10.8. The van der Waals surface area contributed by atoms with Gasteiger partial charge in [-0.25, -0.2) is 0 Å². The number of hydrogen-bond donors (Lipinski definition) is 3. The fraction of sp³-hybridized carbons (Fsp3) is 0.636. The Bertz CT molecular complexity index is 372. The Morgan fingerprint density at radius 2 is 2.24 bits per heavy atom. The monoisotopic (exact) mass is 239 g/mol. The third-order valence-electron chi connectivity index (χ3n) is 2.52. The van der Waals surface area contributed by atoms with E-state index in [2.05, 4.69) is 20.4 Å². The fourth-order valence-electron chi connectivity index (χ4n) is 1.51. The molecule has 1 aromatic rings. The highest BCUT2D eigenvalue weighted by Gasteiger charge is 2.15. The van der Waals surface area contributed by atoms with Crippen LogP contribution >= 0.6 is 0 Å². The molecule has 1 heterocycles. The minimum Gasteiger partial charge on any atom is -0.395 e. The number of nitrogens with two attached hydrogens (primary N) is 1. The van der Waals surface area contributed by atoms with E-state index in [4.69, 9.17) is 5.73 Å². The Labute approximate surface area is 102 Å². The topological polar surface area (TPSA) is 87.0 Å². The quantitative estimate of drug-likeness (QED) is 0.620. The molecule has 0 aromatic carbocycles. The molecule has 0 aliphatic rings. The van der Waals surface area contributed by atoms with Gasteiger partial charge in [0.15, 0.2) is 5.69 Å². The van der Waals surface area contributed by atoms with Gasteiger partial charge in [-0.05, 0) is 33.5 Å². The number of nitrogens with zero attached hydrogens (tertiary/aromatic N) is 2. The largest absolute Gasteiger partial charge is 0.395 e. The van der Waals surface area contributed by atoms with Crippen LogP contribution in [0.2, 0.25) is 0 Å². The lowest BCUT2D eigenvalue weighted by molar-refractivity contribution is 0.0948. The summed E-state index contributed by atoms with van der Waals surface area (Å²) in [6, 6.07) is 0. The maximum absolute atomic E-state index is 11.8. The number of hydrogen-bond acceptors (Lipinski definition) is 4. The molecule has 1 rings (SSSR count). The van der Waals surface area contributed by atoms with Crippen LogP contribution in [0.1, 0.15) is 29.5 Å². The molecule has 0 fully saturated rings. The SMILES string of the molecule is CCc1[nH]nc(C(=O)NCCCN(C)C)c1N. The Balaban J connectivity index is 2.44. The second-order valence-corrected chi connectivity index (χ2v) is 4.23. The lowest BCUT2D eigenvalue weighted by Crippen LogP contribution is -2.28. The third-order valence-corrected chi connectivity index (χ3v) is 2.52. The number of anilines is 1. The van der Waals surface area contributed by atoms with Gasteiger partial charge in [0.25, 0.3) is 5.91 Å². The summed E-state index contributed by atoms with van der Waals surface area (Å²) in [5.41, 5.74) is 7.37. The van der Waals surface area contributed by atoms with Crippen molar-refractivity contribution in [1.82, 2.24) is 20.4 Å². The van der Waals surface area contributed by atoms with E-state index in [0.29, 0.717) is 17.9 Å². The summed E-state index contributed by atoms with van der Waals surface area (Å²) in [7, 11) is 4.00. The van der Waals surface area contributed by atoms with Gasteiger partial charge >= 0.3 is 0 Å². The molecular weight excluding hydrogens is 218 g/mol. The number of carbonyl (C=O) groups is 1. The average Bonchev–Trinajstić information content (AvgIpc) is 2.65. The number of nitrogen functional groups attached to an aromatic ring is 1. The van der Waals surface area contributed by atoms with Gasteiger partial charge in [0.05, 0.1) is 11.4 Å². The number of nitrogens with one attached hydrogen (secondary N) is 2. The third kappa shape index (κ3) is 3.74. The first-order valence-corrected chi connectivity index (χ1v) is 5.81. The predicted molar refractivity (Wildman–Crippen MR) is 67.9 cm³/mol. The molecule has 0 atom stereocenters. The van der Waals surface area contributed by atoms with Crippen LogP contribution in [-0.4, -0.2) is 48.2 Å². The number of amides is 1. The lowest BCUT2D eigenvalue weighted by atomic mass is 10.2. The molecule has 6 nitrogen and oxygen atoms in total. The van der Waals surface area contributed by atoms with Crippen molar-refractivity contribution in [2.45, 2.75) is 19.8 Å². The van der Waals surface area contributed by atoms with Gasteiger partial charge in [-0.3, -0.25) is 9.89 Å². The maximum atomic E-state index is 11.8. The van der Waals surface area contributed by atoms with Crippen LogP contribution in [0.5, 0.6) is 0 Å². The first kappa shape index (κ1) is 13.5. The lowest BCUT2D eigenvalue weighted by Gasteiger charge is -2.09. The van der Waals surface area contributed by atoms with E-state index in [1.165, 1.54) is 0 Å². The minimum absolute atomic E-state index is 0.211. The predicted octanol–water partition coefficient (Wildman–Crippen LogP) is 0.236. The van der Waals surface area contributed by atoms with E-state index in [9.17, 15) is 4.79 Å². The Hall–Kier alpha value is -1.56. The highest BCUT2D eigenvalue weighted by molar-refractivity contribution is 5.97. The Morgan fingerprint density at radius 1 is 1.53 bits per heavy atom. The highest BCUT2D eigenvalue weighted by Crippen LogP contribution is 2.13. The molecule has 0 spiro atoms. The molecule has 0 aliphatic carbocycles. The molecule has 0 radical (unpaired) electrons. The van der Waals surface area contributed by atoms with E-state index in [0.717, 1.165) is 25.1 Å². The number of aryl methyl sites for hydroxylation is 1. The van der Waals surface area contributed by atoms with Gasteiger partial charge in [-0.15, -0.1) is 0 Å². The second kappa shape index (κ2) is 6.24. The zero-order valence-electron chi connectivity index (χ0n) is 10.7. The molecule has 1 aromatic heterocycles. The Morgan fingerprint density at radius 3 is 2.76 bits per heavy atom. The van der Waals surface area contributed by atoms with Gasteiger partial charge in [0.1, 0.15) is 0 Å². The van der Waals surface area contributed by atoms with E-state index in [1.54, 1.807) is 0 Å². The molecule has 0 aliphatic heterocycles. The van der Waals surface area contributed by atoms with Gasteiger partial charge in [0, 0.05) is 6.54 Å². The summed E-state index contributed by atoms with van der Waals surface area (Å²) < 4.78 is 0. The van der Waals surface area contributed by atoms with Crippen molar-refractivity contribution in [2.75, 3.05) is 32.9 Å². The smallest absolute Gasteiger partial charge is 0.273 e. The molecule has 6 heteroatoms. The summed E-state index contributed by atoms with van der Waals surface area (Å²) in [6.45, 7) is 3.53. The number of carbonyl (C=O) groups excluding carboxylic acids is 1. The van der Waals surface area contributed by atoms with Crippen molar-refractivity contribution in [3.63, 3.8) is 0 Å². The summed E-state index contributed by atoms with van der Waals surface area (Å²) in [4.78, 5) is 13.8. The van der Waals surface area contributed by atoms with Crippen molar-refractivity contribution in [2.24, 2.45) is 0 Å². The number of rotatable bonds is 6. The molecule has 0 unspecified atom stereocenters. The van der Waals surface area contributed by atoms with Gasteiger partial charge < -0.3 is 16.0 Å². The summed E-state index contributed by atoms with van der Waals surface area (Å²) in [5.74, 6) is -0.211. The van der Waals surface area contributed by atoms with Crippen molar-refractivity contribution in [3.8, 4) is 0 Å². The standard InChI is InChI=1S/C11H21N5O/c1-4-8-9(12)10(15-14-8)11(17)13-6-5-7-16(2)3/h4-7,12H2,1-3H3,(H,13,17)(H,14,15). The van der Waals surface area contributed by atoms with Gasteiger partial charge in [0.2, 0.25) is 0 Å². The first-order chi connectivity index (χ1) is 8.06. The molecule has 0 bridgehead atoms. The molecule has 0 saturated carbocycles. The van der Waals surface area contributed by atoms with Crippen LogP contribution in [0.25, 0.3) is 0 Å². The molecule has 4 N–H and O–H groups in total. The maximum Gasteiger partial charge on any atom is 0.273 e. The highest BCUT2D eigenvalue weighted by atomic mass is 16.1. The van der Waals surface area contributed by atoms with Gasteiger partial charge in [-0.2, -0.15) is 5.10 Å². The number of aromatic nitrogens is 2. The van der Waals surface area contributed by atoms with Gasteiger partial charge in [-0.1, -0.05) is 6.92 Å². The van der Waals surface area contributed by atoms with E-state index in [-0.39, 0.29) is 5.91 Å². The molecule has 96 valence electrons. The fourth-order valence-corrected chi connectivity index (χ4v) is 1.51. The van der Waals surface area contributed by atoms with E-state index in [1.807, 2.05) is 21.0 Å². The van der Waals surface area contributed by atoms with Crippen LogP contribution in [0.15, 0.2) is 0 Å². The first-order valence-electron chi connectivity index (χ1n) is 5.81. The van der Waals surface area contributed by atoms with Crippen molar-refractivity contribution < 1.29 is 4.79 Å². The average molecular weight is 239 g/mol. The van der Waals surface area contributed by atoms with Crippen LogP contribution in [-0.2, 0) is 6.42 Å². The van der Waals surface area contributed by atoms with Crippen molar-refractivity contribution >= 4 is 11.6 Å². The second-order valence-electron chi connectivity index (χ2n) is 4.23. The van der Waals surface area contributed by atoms with Crippen LogP contribution in [0, 0.1) is 0 Å². The van der Waals surface area contributed by atoms with Crippen LogP contribution in [0.3, 0.4) is 0 Å². The minimum atomic E-state index is -0.211. The Kier molecular flexibility index (Phi) is 4.96. The molecule has 17 heavy (non-hydrogen) atoms. The van der Waals surface area contributed by atoms with E-state index >= 15 is 0 Å². The summed E-state index contributed by atoms with van der Waals surface area (Å²) in [5, 5.41) is 9.50. The zero-order valence-corrected chi connectivity index (χ0v) is 10.7. The van der Waals surface area contributed by atoms with Crippen LogP contribution in [0.4, 0.5) is 5.69 Å². The zero-order chi connectivity index (χ0) is 12.8.